The summed E-state index contributed by atoms with van der Waals surface area (Å²) in [5, 5.41) is 0. The molecule has 4 rings (SSSR count). The lowest BCUT2D eigenvalue weighted by Crippen LogP contribution is -2.49. The van der Waals surface area contributed by atoms with Gasteiger partial charge in [0.05, 0.1) is 31.6 Å². The Morgan fingerprint density at radius 2 is 1.94 bits per heavy atom. The number of amides is 1. The van der Waals surface area contributed by atoms with Gasteiger partial charge in [-0.1, -0.05) is 0 Å². The molecule has 0 unspecified atom stereocenters. The van der Waals surface area contributed by atoms with E-state index in [1.807, 2.05) is 4.90 Å². The third kappa shape index (κ3) is 5.08. The Balaban J connectivity index is 1.63. The van der Waals surface area contributed by atoms with Crippen LogP contribution in [0.2, 0.25) is 0 Å². The normalized spacial score (nSPS) is 20.4. The topological polar surface area (TPSA) is 116 Å². The number of carbonyl (C=O) groups is 1. The number of pyridine rings is 1. The molecule has 0 radical (unpaired) electrons. The van der Waals surface area contributed by atoms with Gasteiger partial charge in [-0.25, -0.2) is 14.8 Å². The van der Waals surface area contributed by atoms with E-state index in [-0.39, 0.29) is 41.0 Å². The molecule has 2 aromatic rings. The van der Waals surface area contributed by atoms with Crippen molar-refractivity contribution in [2.75, 3.05) is 51.1 Å². The van der Waals surface area contributed by atoms with Crippen LogP contribution in [0.5, 0.6) is 5.88 Å². The van der Waals surface area contributed by atoms with Gasteiger partial charge in [0.1, 0.15) is 11.9 Å². The Morgan fingerprint density at radius 3 is 2.59 bits per heavy atom. The first-order valence-electron chi connectivity index (χ1n) is 10.7. The van der Waals surface area contributed by atoms with Crippen molar-refractivity contribution in [2.24, 2.45) is 0 Å². The van der Waals surface area contributed by atoms with Gasteiger partial charge < -0.3 is 29.7 Å². The van der Waals surface area contributed by atoms with Crippen LogP contribution < -0.4 is 15.4 Å². The standard InChI is InChI=1S/C21H25F3N6O4/c1-29(20(31)32-2)12-7-13(8-12)34-18-10-16(27-19(28-18)30-3-5-33-6-4-30)14-11-26-17(25)9-15(14)21(22,23)24/h9-13H,3-8H2,1-2H3,(H2,25,26)/t12-,13-. The molecule has 0 spiro atoms. The molecule has 0 aromatic carbocycles. The molecule has 1 amide bonds. The number of morpholine rings is 1. The maximum absolute atomic E-state index is 13.7. The fourth-order valence-corrected chi connectivity index (χ4v) is 3.84. The van der Waals surface area contributed by atoms with Gasteiger partial charge in [0, 0.05) is 56.8 Å². The molecular weight excluding hydrogens is 457 g/mol. The van der Waals surface area contributed by atoms with E-state index in [1.54, 1.807) is 7.05 Å². The molecule has 1 saturated carbocycles. The monoisotopic (exact) mass is 482 g/mol. The average molecular weight is 482 g/mol. The second-order valence-corrected chi connectivity index (χ2v) is 8.09. The van der Waals surface area contributed by atoms with Crippen LogP contribution in [-0.2, 0) is 15.7 Å². The molecule has 184 valence electrons. The second kappa shape index (κ2) is 9.49. The lowest BCUT2D eigenvalue weighted by molar-refractivity contribution is -0.137. The average Bonchev–Trinajstić information content (AvgIpc) is 2.80. The van der Waals surface area contributed by atoms with E-state index in [0.717, 1.165) is 12.3 Å². The smallest absolute Gasteiger partial charge is 0.417 e. The summed E-state index contributed by atoms with van der Waals surface area (Å²) < 4.78 is 57.2. The van der Waals surface area contributed by atoms with E-state index in [9.17, 15) is 18.0 Å². The number of aromatic nitrogens is 3. The van der Waals surface area contributed by atoms with Crippen LogP contribution in [0.25, 0.3) is 11.3 Å². The highest BCUT2D eigenvalue weighted by molar-refractivity contribution is 5.68. The van der Waals surface area contributed by atoms with E-state index < -0.39 is 17.8 Å². The molecule has 2 fully saturated rings. The molecular formula is C21H25F3N6O4. The minimum absolute atomic E-state index is 0.0221. The maximum atomic E-state index is 13.7. The molecule has 0 bridgehead atoms. The number of ether oxygens (including phenoxy) is 3. The fraction of sp³-hybridized carbons (Fsp3) is 0.524. The summed E-state index contributed by atoms with van der Waals surface area (Å²) in [6.45, 7) is 1.88. The molecule has 10 nitrogen and oxygen atoms in total. The number of anilines is 2. The van der Waals surface area contributed by atoms with Crippen molar-refractivity contribution >= 4 is 17.9 Å². The zero-order valence-corrected chi connectivity index (χ0v) is 18.7. The van der Waals surface area contributed by atoms with Crippen molar-refractivity contribution in [1.29, 1.82) is 0 Å². The molecule has 2 aromatic heterocycles. The summed E-state index contributed by atoms with van der Waals surface area (Å²) in [6.07, 6.45) is -3.23. The molecule has 2 aliphatic rings. The molecule has 3 heterocycles. The Kier molecular flexibility index (Phi) is 6.64. The number of carbonyl (C=O) groups excluding carboxylic acids is 1. The number of nitrogen functional groups attached to an aromatic ring is 1. The number of hydrogen-bond acceptors (Lipinski definition) is 9. The number of rotatable bonds is 5. The van der Waals surface area contributed by atoms with Crippen LogP contribution in [0.15, 0.2) is 18.3 Å². The Labute approximate surface area is 193 Å². The number of nitrogens with two attached hydrogens (primary N) is 1. The largest absolute Gasteiger partial charge is 0.474 e. The maximum Gasteiger partial charge on any atom is 0.417 e. The van der Waals surface area contributed by atoms with E-state index in [1.165, 1.54) is 18.1 Å². The van der Waals surface area contributed by atoms with Gasteiger partial charge in [0.15, 0.2) is 0 Å². The van der Waals surface area contributed by atoms with Gasteiger partial charge >= 0.3 is 12.3 Å². The zero-order valence-electron chi connectivity index (χ0n) is 18.7. The number of hydrogen-bond donors (Lipinski definition) is 1. The number of nitrogens with zero attached hydrogens (tertiary/aromatic N) is 5. The van der Waals surface area contributed by atoms with Gasteiger partial charge in [-0.3, -0.25) is 0 Å². The van der Waals surface area contributed by atoms with Crippen LogP contribution in [0.1, 0.15) is 18.4 Å². The molecule has 34 heavy (non-hydrogen) atoms. The van der Waals surface area contributed by atoms with Gasteiger partial charge in [-0.15, -0.1) is 0 Å². The Hall–Kier alpha value is -3.35. The summed E-state index contributed by atoms with van der Waals surface area (Å²) >= 11 is 0. The third-order valence-electron chi connectivity index (χ3n) is 5.86. The first kappa shape index (κ1) is 23.8. The van der Waals surface area contributed by atoms with Crippen LogP contribution in [0.3, 0.4) is 0 Å². The summed E-state index contributed by atoms with van der Waals surface area (Å²) in [6, 6.07) is 2.09. The van der Waals surface area contributed by atoms with Crippen molar-refractivity contribution in [3.05, 3.63) is 23.9 Å². The highest BCUT2D eigenvalue weighted by Gasteiger charge is 2.38. The van der Waals surface area contributed by atoms with E-state index in [4.69, 9.17) is 19.9 Å². The summed E-state index contributed by atoms with van der Waals surface area (Å²) in [5.41, 5.74) is 4.37. The van der Waals surface area contributed by atoms with E-state index in [2.05, 4.69) is 15.0 Å². The zero-order chi connectivity index (χ0) is 24.5. The fourth-order valence-electron chi connectivity index (χ4n) is 3.84. The molecule has 1 aliphatic carbocycles. The first-order chi connectivity index (χ1) is 16.2. The summed E-state index contributed by atoms with van der Waals surface area (Å²) in [4.78, 5) is 27.7. The number of alkyl halides is 3. The van der Waals surface area contributed by atoms with Crippen molar-refractivity contribution in [3.63, 3.8) is 0 Å². The first-order valence-corrected chi connectivity index (χ1v) is 10.7. The Bertz CT molecular complexity index is 1040. The third-order valence-corrected chi connectivity index (χ3v) is 5.86. The number of halogens is 3. The minimum Gasteiger partial charge on any atom is -0.474 e. The van der Waals surface area contributed by atoms with Crippen LogP contribution >= 0.6 is 0 Å². The highest BCUT2D eigenvalue weighted by Crippen LogP contribution is 2.38. The van der Waals surface area contributed by atoms with Crippen molar-refractivity contribution in [3.8, 4) is 17.1 Å². The molecule has 0 atom stereocenters. The van der Waals surface area contributed by atoms with Gasteiger partial charge in [-0.05, 0) is 6.07 Å². The van der Waals surface area contributed by atoms with Crippen molar-refractivity contribution < 1.29 is 32.2 Å². The van der Waals surface area contributed by atoms with Crippen LogP contribution in [-0.4, -0.2) is 78.6 Å². The Morgan fingerprint density at radius 1 is 1.24 bits per heavy atom. The predicted molar refractivity (Wildman–Crippen MR) is 115 cm³/mol. The van der Waals surface area contributed by atoms with Crippen molar-refractivity contribution in [1.82, 2.24) is 19.9 Å². The quantitative estimate of drug-likeness (QED) is 0.686. The van der Waals surface area contributed by atoms with Gasteiger partial charge in [0.2, 0.25) is 11.8 Å². The SMILES string of the molecule is COC(=O)N(C)[C@H]1C[C@H](Oc2cc(-c3cnc(N)cc3C(F)(F)F)nc(N3CCOCC3)n2)C1. The van der Waals surface area contributed by atoms with Crippen molar-refractivity contribution in [2.45, 2.75) is 31.2 Å². The number of methoxy groups -OCH3 is 1. The van der Waals surface area contributed by atoms with Crippen LogP contribution in [0.4, 0.5) is 29.7 Å². The molecule has 1 aliphatic heterocycles. The predicted octanol–water partition coefficient (Wildman–Crippen LogP) is 2.58. The van der Waals surface area contributed by atoms with Gasteiger partial charge in [-0.2, -0.15) is 18.2 Å². The molecule has 2 N–H and O–H groups in total. The molecule has 1 saturated heterocycles. The van der Waals surface area contributed by atoms with Crippen LogP contribution in [0, 0.1) is 0 Å². The minimum atomic E-state index is -4.66. The van der Waals surface area contributed by atoms with Gasteiger partial charge in [0.25, 0.3) is 0 Å². The lowest BCUT2D eigenvalue weighted by atomic mass is 9.88. The molecule has 13 heteroatoms. The lowest BCUT2D eigenvalue weighted by Gasteiger charge is -2.39. The van der Waals surface area contributed by atoms with E-state index >= 15 is 0 Å². The second-order valence-electron chi connectivity index (χ2n) is 8.09. The van der Waals surface area contributed by atoms with E-state index in [0.29, 0.717) is 39.1 Å². The summed E-state index contributed by atoms with van der Waals surface area (Å²) in [5.74, 6) is 0.133. The summed E-state index contributed by atoms with van der Waals surface area (Å²) in [7, 11) is 2.95. The highest BCUT2D eigenvalue weighted by atomic mass is 19.4.